The fraction of sp³-hybridized carbons (Fsp3) is 0.533. The molecule has 0 spiro atoms. The maximum atomic E-state index is 12.5. The number of carbonyl (C=O) groups is 1. The first-order chi connectivity index (χ1) is 10.3. The molecule has 1 saturated heterocycles. The molecule has 1 aromatic carbocycles. The summed E-state index contributed by atoms with van der Waals surface area (Å²) in [5.74, 6) is 0.0191. The number of hydrogen-bond donors (Lipinski definition) is 2. The van der Waals surface area contributed by atoms with Gasteiger partial charge in [0.15, 0.2) is 0 Å². The van der Waals surface area contributed by atoms with Gasteiger partial charge in [-0.2, -0.15) is 0 Å². The molecule has 3 N–H and O–H groups in total. The standard InChI is InChI=1S/C15H23N3O3S/c1-22(20,21)17-11-14-7-2-3-8-18(14)15(19)10-12-5-4-6-13(16)9-12/h4-6,9,14,17H,2-3,7-8,10-11,16H2,1H3. The minimum atomic E-state index is -3.24. The Morgan fingerprint density at radius 2 is 2.18 bits per heavy atom. The molecule has 122 valence electrons. The predicted molar refractivity (Wildman–Crippen MR) is 86.8 cm³/mol. The number of rotatable bonds is 5. The predicted octanol–water partition coefficient (Wildman–Crippen LogP) is 0.742. The van der Waals surface area contributed by atoms with Gasteiger partial charge in [-0.1, -0.05) is 12.1 Å². The molecule has 6 nitrogen and oxygen atoms in total. The van der Waals surface area contributed by atoms with E-state index in [4.69, 9.17) is 5.73 Å². The molecule has 0 saturated carbocycles. The van der Waals surface area contributed by atoms with Crippen molar-refractivity contribution >= 4 is 21.6 Å². The van der Waals surface area contributed by atoms with Gasteiger partial charge in [0.2, 0.25) is 15.9 Å². The first-order valence-electron chi connectivity index (χ1n) is 7.44. The van der Waals surface area contributed by atoms with Crippen molar-refractivity contribution in [1.29, 1.82) is 0 Å². The number of hydrogen-bond acceptors (Lipinski definition) is 4. The first kappa shape index (κ1) is 16.8. The number of amides is 1. The molecule has 22 heavy (non-hydrogen) atoms. The fourth-order valence-corrected chi connectivity index (χ4v) is 3.26. The van der Waals surface area contributed by atoms with Gasteiger partial charge in [0.05, 0.1) is 12.7 Å². The molecule has 2 rings (SSSR count). The number of piperidine rings is 1. The molecule has 1 fully saturated rings. The van der Waals surface area contributed by atoms with Crippen molar-refractivity contribution in [2.45, 2.75) is 31.7 Å². The van der Waals surface area contributed by atoms with Crippen LogP contribution in [0.15, 0.2) is 24.3 Å². The van der Waals surface area contributed by atoms with Crippen molar-refractivity contribution < 1.29 is 13.2 Å². The molecule has 1 aliphatic rings. The molecule has 1 aromatic rings. The smallest absolute Gasteiger partial charge is 0.227 e. The molecule has 0 aliphatic carbocycles. The molecule has 0 radical (unpaired) electrons. The number of benzene rings is 1. The first-order valence-corrected chi connectivity index (χ1v) is 9.33. The van der Waals surface area contributed by atoms with Gasteiger partial charge in [-0.15, -0.1) is 0 Å². The summed E-state index contributed by atoms with van der Waals surface area (Å²) in [7, 11) is -3.24. The minimum absolute atomic E-state index is 0.0191. The summed E-state index contributed by atoms with van der Waals surface area (Å²) in [5.41, 5.74) is 7.25. The van der Waals surface area contributed by atoms with Gasteiger partial charge in [0, 0.05) is 24.8 Å². The zero-order valence-electron chi connectivity index (χ0n) is 12.8. The topological polar surface area (TPSA) is 92.5 Å². The molecule has 0 bridgehead atoms. The zero-order chi connectivity index (χ0) is 16.2. The number of sulfonamides is 1. The molecule has 7 heteroatoms. The second-order valence-electron chi connectivity index (χ2n) is 5.78. The van der Waals surface area contributed by atoms with E-state index < -0.39 is 10.0 Å². The van der Waals surface area contributed by atoms with E-state index in [2.05, 4.69) is 4.72 Å². The summed E-state index contributed by atoms with van der Waals surface area (Å²) >= 11 is 0. The molecule has 1 atom stereocenters. The third-order valence-electron chi connectivity index (χ3n) is 3.84. The van der Waals surface area contributed by atoms with E-state index in [9.17, 15) is 13.2 Å². The quantitative estimate of drug-likeness (QED) is 0.781. The van der Waals surface area contributed by atoms with E-state index in [-0.39, 0.29) is 18.5 Å². The van der Waals surface area contributed by atoms with Crippen molar-refractivity contribution in [3.63, 3.8) is 0 Å². The normalized spacial score (nSPS) is 19.1. The highest BCUT2D eigenvalue weighted by Crippen LogP contribution is 2.18. The van der Waals surface area contributed by atoms with Crippen LogP contribution in [0.2, 0.25) is 0 Å². The summed E-state index contributed by atoms with van der Waals surface area (Å²) in [6, 6.07) is 7.22. The highest BCUT2D eigenvalue weighted by Gasteiger charge is 2.27. The van der Waals surface area contributed by atoms with Gasteiger partial charge in [-0.05, 0) is 37.0 Å². The summed E-state index contributed by atoms with van der Waals surface area (Å²) in [6.45, 7) is 0.957. The van der Waals surface area contributed by atoms with Crippen LogP contribution in [-0.4, -0.2) is 44.6 Å². The zero-order valence-corrected chi connectivity index (χ0v) is 13.6. The Labute approximate surface area is 131 Å². The molecular weight excluding hydrogens is 302 g/mol. The van der Waals surface area contributed by atoms with Crippen LogP contribution in [0.5, 0.6) is 0 Å². The Morgan fingerprint density at radius 1 is 1.41 bits per heavy atom. The van der Waals surface area contributed by atoms with Crippen LogP contribution < -0.4 is 10.5 Å². The molecule has 1 heterocycles. The Morgan fingerprint density at radius 3 is 2.86 bits per heavy atom. The Bertz CT molecular complexity index is 631. The Hall–Kier alpha value is -1.60. The number of carbonyl (C=O) groups excluding carboxylic acids is 1. The third-order valence-corrected chi connectivity index (χ3v) is 4.53. The molecular formula is C15H23N3O3S. The van der Waals surface area contributed by atoms with Crippen LogP contribution in [0, 0.1) is 0 Å². The Balaban J connectivity index is 2.01. The number of nitrogen functional groups attached to an aromatic ring is 1. The SMILES string of the molecule is CS(=O)(=O)NCC1CCCCN1C(=O)Cc1cccc(N)c1. The number of likely N-dealkylation sites (tertiary alicyclic amines) is 1. The van der Waals surface area contributed by atoms with Crippen molar-refractivity contribution in [2.75, 3.05) is 25.1 Å². The van der Waals surface area contributed by atoms with Crippen LogP contribution in [0.4, 0.5) is 5.69 Å². The molecule has 1 amide bonds. The second-order valence-corrected chi connectivity index (χ2v) is 7.61. The summed E-state index contributed by atoms with van der Waals surface area (Å²) in [4.78, 5) is 14.3. The fourth-order valence-electron chi connectivity index (χ4n) is 2.77. The number of anilines is 1. The monoisotopic (exact) mass is 325 g/mol. The third kappa shape index (κ3) is 4.99. The van der Waals surface area contributed by atoms with Gasteiger partial charge in [0.1, 0.15) is 0 Å². The van der Waals surface area contributed by atoms with E-state index in [1.54, 1.807) is 17.0 Å². The van der Waals surface area contributed by atoms with Gasteiger partial charge in [0.25, 0.3) is 0 Å². The lowest BCUT2D eigenvalue weighted by Crippen LogP contribution is -2.49. The summed E-state index contributed by atoms with van der Waals surface area (Å²) < 4.78 is 25.0. The Kier molecular flexibility index (Phi) is 5.42. The average Bonchev–Trinajstić information content (AvgIpc) is 2.44. The maximum absolute atomic E-state index is 12.5. The lowest BCUT2D eigenvalue weighted by molar-refractivity contribution is -0.133. The van der Waals surface area contributed by atoms with Crippen molar-refractivity contribution in [3.8, 4) is 0 Å². The highest BCUT2D eigenvalue weighted by atomic mass is 32.2. The lowest BCUT2D eigenvalue weighted by atomic mass is 10.0. The largest absolute Gasteiger partial charge is 0.399 e. The molecule has 1 aliphatic heterocycles. The maximum Gasteiger partial charge on any atom is 0.227 e. The van der Waals surface area contributed by atoms with Crippen LogP contribution >= 0.6 is 0 Å². The van der Waals surface area contributed by atoms with E-state index in [0.29, 0.717) is 18.7 Å². The van der Waals surface area contributed by atoms with Crippen LogP contribution in [0.25, 0.3) is 0 Å². The van der Waals surface area contributed by atoms with Gasteiger partial charge < -0.3 is 10.6 Å². The van der Waals surface area contributed by atoms with E-state index in [1.165, 1.54) is 0 Å². The average molecular weight is 325 g/mol. The van der Waals surface area contributed by atoms with Crippen molar-refractivity contribution in [3.05, 3.63) is 29.8 Å². The van der Waals surface area contributed by atoms with Crippen LogP contribution in [0.3, 0.4) is 0 Å². The van der Waals surface area contributed by atoms with Gasteiger partial charge >= 0.3 is 0 Å². The second kappa shape index (κ2) is 7.11. The number of nitrogens with zero attached hydrogens (tertiary/aromatic N) is 1. The van der Waals surface area contributed by atoms with E-state index >= 15 is 0 Å². The molecule has 1 unspecified atom stereocenters. The van der Waals surface area contributed by atoms with Crippen molar-refractivity contribution in [2.24, 2.45) is 0 Å². The molecule has 0 aromatic heterocycles. The highest BCUT2D eigenvalue weighted by molar-refractivity contribution is 7.88. The van der Waals surface area contributed by atoms with Crippen LogP contribution in [-0.2, 0) is 21.2 Å². The summed E-state index contributed by atoms with van der Waals surface area (Å²) in [6.07, 6.45) is 4.22. The van der Waals surface area contributed by atoms with E-state index in [1.807, 2.05) is 12.1 Å². The van der Waals surface area contributed by atoms with Gasteiger partial charge in [-0.25, -0.2) is 13.1 Å². The van der Waals surface area contributed by atoms with Gasteiger partial charge in [-0.3, -0.25) is 4.79 Å². The van der Waals surface area contributed by atoms with E-state index in [0.717, 1.165) is 31.1 Å². The van der Waals surface area contributed by atoms with Crippen molar-refractivity contribution in [1.82, 2.24) is 9.62 Å². The van der Waals surface area contributed by atoms with Crippen LogP contribution in [0.1, 0.15) is 24.8 Å². The minimum Gasteiger partial charge on any atom is -0.399 e. The number of nitrogens with two attached hydrogens (primary N) is 1. The summed E-state index contributed by atoms with van der Waals surface area (Å²) in [5, 5.41) is 0. The lowest BCUT2D eigenvalue weighted by Gasteiger charge is -2.36. The number of nitrogens with one attached hydrogen (secondary N) is 1.